The van der Waals surface area contributed by atoms with Gasteiger partial charge >= 0.3 is 5.97 Å². The van der Waals surface area contributed by atoms with Crippen molar-refractivity contribution in [1.29, 1.82) is 0 Å². The quantitative estimate of drug-likeness (QED) is 0.297. The molecule has 2 fully saturated rings. The van der Waals surface area contributed by atoms with Crippen molar-refractivity contribution in [3.05, 3.63) is 53.6 Å². The number of esters is 1. The number of ether oxygens (including phenoxy) is 2. The highest BCUT2D eigenvalue weighted by Crippen LogP contribution is 2.39. The Bertz CT molecular complexity index is 1790. The molecule has 11 nitrogen and oxygen atoms in total. The highest BCUT2D eigenvalue weighted by Gasteiger charge is 2.34. The van der Waals surface area contributed by atoms with Crippen molar-refractivity contribution in [3.63, 3.8) is 0 Å². The number of carbonyl (C=O) groups is 1. The van der Waals surface area contributed by atoms with E-state index >= 15 is 0 Å². The number of carbonyl (C=O) groups excluding carboxylic acids is 1. The van der Waals surface area contributed by atoms with Crippen molar-refractivity contribution in [3.8, 4) is 22.6 Å². The predicted octanol–water partition coefficient (Wildman–Crippen LogP) is 4.27. The Balaban J connectivity index is 1.53. The lowest BCUT2D eigenvalue weighted by atomic mass is 9.98. The molecule has 42 heavy (non-hydrogen) atoms. The van der Waals surface area contributed by atoms with E-state index in [1.165, 1.54) is 18.2 Å². The van der Waals surface area contributed by atoms with Crippen LogP contribution in [0.5, 0.6) is 0 Å². The van der Waals surface area contributed by atoms with Crippen molar-refractivity contribution in [2.75, 3.05) is 35.8 Å². The van der Waals surface area contributed by atoms with Crippen molar-refractivity contribution in [2.45, 2.75) is 45.4 Å². The van der Waals surface area contributed by atoms with Crippen LogP contribution in [-0.4, -0.2) is 64.9 Å². The zero-order valence-electron chi connectivity index (χ0n) is 23.3. The van der Waals surface area contributed by atoms with Crippen LogP contribution in [0.3, 0.4) is 0 Å². The number of nitrogens with zero attached hydrogens (tertiary/aromatic N) is 4. The van der Waals surface area contributed by atoms with Crippen LogP contribution in [0.25, 0.3) is 33.5 Å². The van der Waals surface area contributed by atoms with Crippen molar-refractivity contribution >= 4 is 38.1 Å². The maximum Gasteiger partial charge on any atom is 0.359 e. The second kappa shape index (κ2) is 11.0. The van der Waals surface area contributed by atoms with E-state index in [4.69, 9.17) is 20.2 Å². The van der Waals surface area contributed by atoms with E-state index in [-0.39, 0.29) is 58.8 Å². The molecule has 4 heterocycles. The molecule has 0 aliphatic carbocycles. The average Bonchev–Trinajstić information content (AvgIpc) is 3.38. The van der Waals surface area contributed by atoms with Gasteiger partial charge in [0.15, 0.2) is 27.6 Å². The molecule has 1 atom stereocenters. The SMILES string of the molecule is CCOC(=O)c1nc(-c2cc(F)ccc2NC2CS(=O)(=O)C2)nc(-c2c(C)ccc3c2cnn3C2CCCCO2)c1N. The Morgan fingerprint density at radius 3 is 2.74 bits per heavy atom. The zero-order chi connectivity index (χ0) is 29.6. The van der Waals surface area contributed by atoms with Gasteiger partial charge in [-0.1, -0.05) is 6.07 Å². The Hall–Kier alpha value is -4.10. The first-order chi connectivity index (χ1) is 20.1. The lowest BCUT2D eigenvalue weighted by Gasteiger charge is -2.28. The summed E-state index contributed by atoms with van der Waals surface area (Å²) in [4.78, 5) is 22.3. The van der Waals surface area contributed by atoms with Gasteiger partial charge in [-0.05, 0) is 62.9 Å². The molecule has 0 bridgehead atoms. The minimum Gasteiger partial charge on any atom is -0.461 e. The summed E-state index contributed by atoms with van der Waals surface area (Å²) < 4.78 is 51.2. The van der Waals surface area contributed by atoms with Crippen LogP contribution in [0.15, 0.2) is 36.5 Å². The third-order valence-electron chi connectivity index (χ3n) is 7.56. The predicted molar refractivity (Wildman–Crippen MR) is 156 cm³/mol. The van der Waals surface area contributed by atoms with E-state index in [9.17, 15) is 17.6 Å². The number of benzene rings is 2. The number of hydrogen-bond donors (Lipinski definition) is 2. The minimum atomic E-state index is -3.10. The van der Waals surface area contributed by atoms with Gasteiger partial charge in [-0.3, -0.25) is 0 Å². The molecule has 0 saturated carbocycles. The summed E-state index contributed by atoms with van der Waals surface area (Å²) in [6, 6.07) is 7.54. The maximum absolute atomic E-state index is 14.6. The number of halogens is 1. The van der Waals surface area contributed by atoms with Crippen LogP contribution < -0.4 is 11.1 Å². The van der Waals surface area contributed by atoms with E-state index in [0.717, 1.165) is 35.7 Å². The van der Waals surface area contributed by atoms with Crippen molar-refractivity contribution < 1.29 is 27.1 Å². The normalized spacial score (nSPS) is 18.5. The van der Waals surface area contributed by atoms with Crippen molar-refractivity contribution in [1.82, 2.24) is 19.7 Å². The lowest BCUT2D eigenvalue weighted by Crippen LogP contribution is -2.46. The van der Waals surface area contributed by atoms with Gasteiger partial charge in [-0.25, -0.2) is 32.3 Å². The molecule has 6 rings (SSSR count). The van der Waals surface area contributed by atoms with Gasteiger partial charge in [-0.15, -0.1) is 0 Å². The summed E-state index contributed by atoms with van der Waals surface area (Å²) in [5.74, 6) is -1.34. The van der Waals surface area contributed by atoms with E-state index < -0.39 is 21.6 Å². The summed E-state index contributed by atoms with van der Waals surface area (Å²) in [6.07, 6.45) is 4.41. The summed E-state index contributed by atoms with van der Waals surface area (Å²) in [5.41, 5.74) is 9.70. The fraction of sp³-hybridized carbons (Fsp3) is 0.379. The van der Waals surface area contributed by atoms with Crippen LogP contribution in [0.1, 0.15) is 48.5 Å². The number of aromatic nitrogens is 4. The molecule has 0 radical (unpaired) electrons. The average molecular weight is 595 g/mol. The second-order valence-electron chi connectivity index (χ2n) is 10.6. The molecule has 13 heteroatoms. The van der Waals surface area contributed by atoms with Gasteiger partial charge in [0.25, 0.3) is 0 Å². The number of nitrogen functional groups attached to an aromatic ring is 1. The van der Waals surface area contributed by atoms with Crippen LogP contribution in [0.4, 0.5) is 15.8 Å². The molecule has 0 amide bonds. The van der Waals surface area contributed by atoms with E-state index in [1.807, 2.05) is 23.7 Å². The smallest absolute Gasteiger partial charge is 0.359 e. The maximum atomic E-state index is 14.6. The van der Waals surface area contributed by atoms with E-state index in [1.54, 1.807) is 13.1 Å². The fourth-order valence-corrected chi connectivity index (χ4v) is 6.82. The molecule has 2 saturated heterocycles. The van der Waals surface area contributed by atoms with Gasteiger partial charge in [0.1, 0.15) is 5.82 Å². The fourth-order valence-electron chi connectivity index (χ4n) is 5.52. The molecule has 2 aliphatic heterocycles. The minimum absolute atomic E-state index is 0.0189. The Morgan fingerprint density at radius 1 is 1.21 bits per heavy atom. The van der Waals surface area contributed by atoms with E-state index in [0.29, 0.717) is 17.9 Å². The number of nitrogens with one attached hydrogen (secondary N) is 1. The molecule has 1 unspecified atom stereocenters. The van der Waals surface area contributed by atoms with Crippen LogP contribution >= 0.6 is 0 Å². The Morgan fingerprint density at radius 2 is 2.02 bits per heavy atom. The molecule has 2 aromatic heterocycles. The first kappa shape index (κ1) is 28.0. The summed E-state index contributed by atoms with van der Waals surface area (Å²) in [6.45, 7) is 4.33. The molecule has 3 N–H and O–H groups in total. The lowest BCUT2D eigenvalue weighted by molar-refractivity contribution is -0.0366. The summed E-state index contributed by atoms with van der Waals surface area (Å²) in [5, 5.41) is 8.55. The van der Waals surface area contributed by atoms with Crippen LogP contribution in [0.2, 0.25) is 0 Å². The highest BCUT2D eigenvalue weighted by atomic mass is 32.2. The first-order valence-corrected chi connectivity index (χ1v) is 15.7. The first-order valence-electron chi connectivity index (χ1n) is 13.9. The third kappa shape index (κ3) is 5.18. The standard InChI is InChI=1S/C29H31FN6O5S/c1-3-40-29(37)27-25(31)26(24-16(2)7-10-22-20(24)13-32-36(22)23-6-4-5-11-41-23)34-28(35-27)19-12-17(30)8-9-21(19)33-18-14-42(38,39)15-18/h7-10,12-13,18,23,33H,3-6,11,14-15,31H2,1-2H3. The Kier molecular flexibility index (Phi) is 7.31. The summed E-state index contributed by atoms with van der Waals surface area (Å²) in [7, 11) is -3.10. The van der Waals surface area contributed by atoms with Gasteiger partial charge in [-0.2, -0.15) is 5.10 Å². The monoisotopic (exact) mass is 594 g/mol. The van der Waals surface area contributed by atoms with Gasteiger partial charge in [0, 0.05) is 28.8 Å². The van der Waals surface area contributed by atoms with Gasteiger partial charge < -0.3 is 20.5 Å². The molecule has 2 aromatic carbocycles. The molecular weight excluding hydrogens is 563 g/mol. The van der Waals surface area contributed by atoms with Crippen molar-refractivity contribution in [2.24, 2.45) is 0 Å². The molecule has 2 aliphatic rings. The summed E-state index contributed by atoms with van der Waals surface area (Å²) >= 11 is 0. The highest BCUT2D eigenvalue weighted by molar-refractivity contribution is 7.92. The number of anilines is 2. The number of hydrogen-bond acceptors (Lipinski definition) is 10. The number of sulfone groups is 1. The molecule has 4 aromatic rings. The van der Waals surface area contributed by atoms with Gasteiger partial charge in [0.05, 0.1) is 47.2 Å². The number of aryl methyl sites for hydroxylation is 1. The topological polar surface area (TPSA) is 151 Å². The zero-order valence-corrected chi connectivity index (χ0v) is 24.1. The molecule has 220 valence electrons. The largest absolute Gasteiger partial charge is 0.461 e. The molecular formula is C29H31FN6O5S. The van der Waals surface area contributed by atoms with Gasteiger partial charge in [0.2, 0.25) is 0 Å². The van der Waals surface area contributed by atoms with E-state index in [2.05, 4.69) is 15.4 Å². The Labute approximate surface area is 242 Å². The number of nitrogens with two attached hydrogens (primary N) is 1. The molecule has 0 spiro atoms. The van der Waals surface area contributed by atoms with Crippen LogP contribution in [-0.2, 0) is 19.3 Å². The van der Waals surface area contributed by atoms with Crippen LogP contribution in [0, 0.1) is 12.7 Å². The third-order valence-corrected chi connectivity index (χ3v) is 9.38. The second-order valence-corrected chi connectivity index (χ2v) is 12.7. The number of fused-ring (bicyclic) bond motifs is 1. The number of rotatable bonds is 7.